The van der Waals surface area contributed by atoms with Gasteiger partial charge in [-0.15, -0.1) is 0 Å². The molecule has 0 radical (unpaired) electrons. The molecule has 0 aliphatic heterocycles. The lowest BCUT2D eigenvalue weighted by atomic mass is 10.0. The summed E-state index contributed by atoms with van der Waals surface area (Å²) in [7, 11) is -2.46. The Labute approximate surface area is 133 Å². The third-order valence-electron chi connectivity index (χ3n) is 2.85. The predicted octanol–water partition coefficient (Wildman–Crippen LogP) is -0.784. The normalized spacial score (nSPS) is 12.0. The number of allylic oxidation sites excluding steroid dienone is 1. The topological polar surface area (TPSA) is 141 Å². The second kappa shape index (κ2) is 7.64. The first-order valence-electron chi connectivity index (χ1n) is 6.36. The van der Waals surface area contributed by atoms with Gasteiger partial charge in [-0.3, -0.25) is 4.79 Å². The first-order chi connectivity index (χ1) is 10.7. The van der Waals surface area contributed by atoms with Gasteiger partial charge in [-0.2, -0.15) is 5.26 Å². The molecule has 1 atom stereocenters. The molecule has 4 N–H and O–H groups in total. The van der Waals surface area contributed by atoms with Gasteiger partial charge in [0.1, 0.15) is 5.70 Å². The van der Waals surface area contributed by atoms with Crippen LogP contribution in [0, 0.1) is 17.2 Å². The van der Waals surface area contributed by atoms with Gasteiger partial charge in [0.2, 0.25) is 10.0 Å². The zero-order valence-corrected chi connectivity index (χ0v) is 13.2. The summed E-state index contributed by atoms with van der Waals surface area (Å²) in [6.45, 7) is 2.78. The zero-order valence-electron chi connectivity index (χ0n) is 12.4. The Balaban J connectivity index is 2.85. The van der Waals surface area contributed by atoms with Crippen LogP contribution in [0.2, 0.25) is 0 Å². The van der Waals surface area contributed by atoms with E-state index in [-0.39, 0.29) is 16.2 Å². The molecule has 0 bridgehead atoms. The second-order valence-corrected chi connectivity index (χ2v) is 6.38. The largest absolute Gasteiger partial charge is 0.454 e. The molecule has 23 heavy (non-hydrogen) atoms. The molecule has 1 rings (SSSR count). The highest BCUT2D eigenvalue weighted by Gasteiger charge is 2.24. The van der Waals surface area contributed by atoms with Crippen LogP contribution in [0.5, 0.6) is 0 Å². The number of esters is 1. The molecule has 0 spiro atoms. The monoisotopic (exact) mass is 338 g/mol. The number of hydrogen-bond acceptors (Lipinski definition) is 6. The van der Waals surface area contributed by atoms with E-state index in [0.29, 0.717) is 0 Å². The van der Waals surface area contributed by atoms with E-state index in [2.05, 4.69) is 17.0 Å². The molecule has 0 amide bonds. The van der Waals surface area contributed by atoms with Crippen molar-refractivity contribution in [3.05, 3.63) is 42.1 Å². The maximum Gasteiger partial charge on any atom is 0.338 e. The molecule has 0 heterocycles. The summed E-state index contributed by atoms with van der Waals surface area (Å²) in [4.78, 5) is 23.5. The van der Waals surface area contributed by atoms with Crippen molar-refractivity contribution in [2.45, 2.75) is 4.90 Å². The summed E-state index contributed by atoms with van der Waals surface area (Å²) in [6, 6.07) is 6.87. The number of Topliss-reactive ketones (excluding diaryl/α,β-unsaturated/α-hetero) is 1. The SMILES string of the molecule is C=C([NH3+])[C@H](C#N)C(=O)COC(=O)c1cccc(S(=O)(=O)NC)c1. The van der Waals surface area contributed by atoms with Crippen LogP contribution in [0.4, 0.5) is 0 Å². The molecule has 1 aromatic rings. The van der Waals surface area contributed by atoms with Gasteiger partial charge in [-0.25, -0.2) is 17.9 Å². The predicted molar refractivity (Wildman–Crippen MR) is 79.1 cm³/mol. The minimum atomic E-state index is -3.70. The molecule has 8 nitrogen and oxygen atoms in total. The molecule has 1 aromatic carbocycles. The number of ether oxygens (including phenoxy) is 1. The number of hydrogen-bond donors (Lipinski definition) is 2. The third-order valence-corrected chi connectivity index (χ3v) is 4.27. The number of nitriles is 1. The zero-order chi connectivity index (χ0) is 17.6. The van der Waals surface area contributed by atoms with E-state index in [4.69, 9.17) is 10.00 Å². The number of ketones is 1. The van der Waals surface area contributed by atoms with Gasteiger partial charge in [-0.1, -0.05) is 6.07 Å². The van der Waals surface area contributed by atoms with Crippen LogP contribution in [0.15, 0.2) is 41.4 Å². The minimum absolute atomic E-state index is 0.0314. The van der Waals surface area contributed by atoms with Crippen LogP contribution in [0.1, 0.15) is 10.4 Å². The average Bonchev–Trinajstić information content (AvgIpc) is 2.53. The average molecular weight is 338 g/mol. The summed E-state index contributed by atoms with van der Waals surface area (Å²) in [5.41, 5.74) is 3.49. The lowest BCUT2D eigenvalue weighted by Crippen LogP contribution is -2.51. The molecule has 122 valence electrons. The van der Waals surface area contributed by atoms with E-state index >= 15 is 0 Å². The highest BCUT2D eigenvalue weighted by molar-refractivity contribution is 7.89. The van der Waals surface area contributed by atoms with Crippen molar-refractivity contribution in [2.75, 3.05) is 13.7 Å². The van der Waals surface area contributed by atoms with Crippen LogP contribution in [0.3, 0.4) is 0 Å². The molecular formula is C14H16N3O5S+. The van der Waals surface area contributed by atoms with Gasteiger partial charge in [0, 0.05) is 0 Å². The second-order valence-electron chi connectivity index (χ2n) is 4.50. The Bertz CT molecular complexity index is 780. The van der Waals surface area contributed by atoms with Gasteiger partial charge in [0.25, 0.3) is 0 Å². The molecule has 9 heteroatoms. The van der Waals surface area contributed by atoms with E-state index < -0.39 is 34.3 Å². The summed E-state index contributed by atoms with van der Waals surface area (Å²) >= 11 is 0. The van der Waals surface area contributed by atoms with E-state index in [1.54, 1.807) is 6.07 Å². The van der Waals surface area contributed by atoms with Gasteiger partial charge in [0.15, 0.2) is 18.3 Å². The minimum Gasteiger partial charge on any atom is -0.454 e. The van der Waals surface area contributed by atoms with Crippen molar-refractivity contribution in [3.63, 3.8) is 0 Å². The molecule has 0 unspecified atom stereocenters. The fraction of sp³-hybridized carbons (Fsp3) is 0.214. The van der Waals surface area contributed by atoms with Crippen molar-refractivity contribution in [3.8, 4) is 6.07 Å². The first kappa shape index (κ1) is 18.5. The van der Waals surface area contributed by atoms with Crippen molar-refractivity contribution in [2.24, 2.45) is 5.92 Å². The molecule has 0 aliphatic rings. The number of quaternary nitrogens is 1. The highest BCUT2D eigenvalue weighted by atomic mass is 32.2. The molecule has 0 aliphatic carbocycles. The molecule has 0 fully saturated rings. The van der Waals surface area contributed by atoms with Crippen LogP contribution in [-0.2, 0) is 19.6 Å². The van der Waals surface area contributed by atoms with E-state index in [1.807, 2.05) is 0 Å². The summed E-state index contributed by atoms with van der Waals surface area (Å²) in [6.07, 6.45) is 0. The summed E-state index contributed by atoms with van der Waals surface area (Å²) in [5.74, 6) is -2.68. The number of carbonyl (C=O) groups excluding carboxylic acids is 2. The van der Waals surface area contributed by atoms with Crippen LogP contribution >= 0.6 is 0 Å². The fourth-order valence-electron chi connectivity index (χ4n) is 1.60. The number of nitrogens with zero attached hydrogens (tertiary/aromatic N) is 1. The first-order valence-corrected chi connectivity index (χ1v) is 7.85. The standard InChI is InChI=1S/C14H15N3O5S/c1-9(16)12(7-15)13(18)8-22-14(19)10-4-3-5-11(6-10)23(20,21)17-2/h3-6,12,17H,1,8,16H2,2H3/p+1/t12-/m0/s1. The van der Waals surface area contributed by atoms with Crippen molar-refractivity contribution >= 4 is 21.8 Å². The number of sulfonamides is 1. The van der Waals surface area contributed by atoms with E-state index in [1.165, 1.54) is 25.2 Å². The Morgan fingerprint density at radius 1 is 1.48 bits per heavy atom. The third kappa shape index (κ3) is 4.72. The molecule has 0 aromatic heterocycles. The maximum absolute atomic E-state index is 11.9. The Morgan fingerprint density at radius 3 is 2.65 bits per heavy atom. The summed E-state index contributed by atoms with van der Waals surface area (Å²) < 4.78 is 30.3. The van der Waals surface area contributed by atoms with Gasteiger partial charge in [0.05, 0.1) is 16.5 Å². The van der Waals surface area contributed by atoms with Crippen molar-refractivity contribution in [1.29, 1.82) is 5.26 Å². The smallest absolute Gasteiger partial charge is 0.338 e. The maximum atomic E-state index is 11.9. The van der Waals surface area contributed by atoms with Gasteiger partial charge >= 0.3 is 5.97 Å². The number of rotatable bonds is 7. The Hall–Kier alpha value is -2.54. The fourth-order valence-corrected chi connectivity index (χ4v) is 2.38. The van der Waals surface area contributed by atoms with E-state index in [0.717, 1.165) is 6.07 Å². The van der Waals surface area contributed by atoms with Crippen molar-refractivity contribution in [1.82, 2.24) is 4.72 Å². The lowest BCUT2D eigenvalue weighted by molar-refractivity contribution is -0.309. The lowest BCUT2D eigenvalue weighted by Gasteiger charge is -2.08. The van der Waals surface area contributed by atoms with Gasteiger partial charge in [-0.05, 0) is 31.8 Å². The van der Waals surface area contributed by atoms with E-state index in [9.17, 15) is 18.0 Å². The molecular weight excluding hydrogens is 322 g/mol. The Morgan fingerprint density at radius 2 is 2.13 bits per heavy atom. The number of nitrogens with one attached hydrogen (secondary N) is 1. The Kier molecular flexibility index (Phi) is 6.15. The van der Waals surface area contributed by atoms with Crippen LogP contribution in [0.25, 0.3) is 0 Å². The number of carbonyl (C=O) groups is 2. The van der Waals surface area contributed by atoms with Gasteiger partial charge < -0.3 is 10.5 Å². The quantitative estimate of drug-likeness (QED) is 0.624. The number of benzene rings is 1. The molecule has 0 saturated carbocycles. The highest BCUT2D eigenvalue weighted by Crippen LogP contribution is 2.12. The van der Waals surface area contributed by atoms with Crippen LogP contribution < -0.4 is 10.5 Å². The van der Waals surface area contributed by atoms with Crippen molar-refractivity contribution < 1.29 is 28.5 Å². The van der Waals surface area contributed by atoms with Crippen LogP contribution in [-0.4, -0.2) is 33.8 Å². The summed E-state index contributed by atoms with van der Waals surface area (Å²) in [5, 5.41) is 8.82. The molecule has 0 saturated heterocycles.